The van der Waals surface area contributed by atoms with Crippen LogP contribution in [0.5, 0.6) is 0 Å². The summed E-state index contributed by atoms with van der Waals surface area (Å²) in [6, 6.07) is 6.32. The van der Waals surface area contributed by atoms with Crippen LogP contribution < -0.4 is 4.87 Å². The van der Waals surface area contributed by atoms with E-state index in [4.69, 9.17) is 11.6 Å². The first-order valence-electron chi connectivity index (χ1n) is 2.96. The summed E-state index contributed by atoms with van der Waals surface area (Å²) < 4.78 is 0.780. The van der Waals surface area contributed by atoms with E-state index < -0.39 is 0 Å². The molecule has 1 N–H and O–H groups in total. The molecule has 0 aliphatic rings. The minimum absolute atomic E-state index is 0.0932. The van der Waals surface area contributed by atoms with Crippen molar-refractivity contribution in [1.82, 2.24) is 4.98 Å². The molecule has 0 unspecified atom stereocenters. The Labute approximate surface area is 71.4 Å². The number of thiazole rings is 1. The van der Waals surface area contributed by atoms with E-state index in [1.54, 1.807) is 12.1 Å². The third-order valence-electron chi connectivity index (χ3n) is 1.33. The summed E-state index contributed by atoms with van der Waals surface area (Å²) in [6.45, 7) is 0. The Morgan fingerprint density at radius 2 is 2.45 bits per heavy atom. The summed E-state index contributed by atoms with van der Waals surface area (Å²) in [5.74, 6) is 0. The Kier molecular flexibility index (Phi) is 1.47. The lowest BCUT2D eigenvalue weighted by Gasteiger charge is -1.88. The molecule has 55 valence electrons. The van der Waals surface area contributed by atoms with Gasteiger partial charge in [-0.05, 0) is 6.07 Å². The maximum atomic E-state index is 10.8. The molecule has 1 radical (unpaired) electrons. The summed E-state index contributed by atoms with van der Waals surface area (Å²) in [5, 5.41) is 0.567. The topological polar surface area (TPSA) is 32.9 Å². The largest absolute Gasteiger partial charge is 0.311 e. The summed E-state index contributed by atoms with van der Waals surface area (Å²) >= 11 is 6.90. The van der Waals surface area contributed by atoms with Gasteiger partial charge in [0.05, 0.1) is 15.2 Å². The molecule has 4 heteroatoms. The number of halogens is 1. The van der Waals surface area contributed by atoms with Gasteiger partial charge in [0.2, 0.25) is 0 Å². The van der Waals surface area contributed by atoms with E-state index in [1.165, 1.54) is 0 Å². The van der Waals surface area contributed by atoms with Crippen LogP contribution in [0.4, 0.5) is 0 Å². The number of fused-ring (bicyclic) bond motifs is 1. The molecule has 2 nitrogen and oxygen atoms in total. The number of benzene rings is 1. The van der Waals surface area contributed by atoms with Gasteiger partial charge in [-0.15, -0.1) is 0 Å². The van der Waals surface area contributed by atoms with Crippen molar-refractivity contribution in [1.29, 1.82) is 0 Å². The molecule has 0 aliphatic heterocycles. The fraction of sp³-hybridized carbons (Fsp3) is 0. The van der Waals surface area contributed by atoms with Gasteiger partial charge >= 0.3 is 4.87 Å². The molecule has 0 saturated heterocycles. The maximum absolute atomic E-state index is 10.8. The SMILES string of the molecule is O=c1[nH]c2c(Cl)cc[c]c2s1. The second-order valence-electron chi connectivity index (χ2n) is 2.04. The third kappa shape index (κ3) is 1.06. The molecule has 0 spiro atoms. The minimum Gasteiger partial charge on any atom is -0.311 e. The second kappa shape index (κ2) is 2.36. The molecular weight excluding hydrogens is 182 g/mol. The Bertz CT molecular complexity index is 445. The normalized spacial score (nSPS) is 10.6. The first-order valence-corrected chi connectivity index (χ1v) is 4.16. The van der Waals surface area contributed by atoms with Gasteiger partial charge in [-0.3, -0.25) is 4.79 Å². The number of hydrogen-bond acceptors (Lipinski definition) is 2. The molecule has 0 fully saturated rings. The Hall–Kier alpha value is -0.800. The molecule has 1 aromatic carbocycles. The quantitative estimate of drug-likeness (QED) is 0.668. The van der Waals surface area contributed by atoms with Crippen molar-refractivity contribution in [2.24, 2.45) is 0 Å². The first-order chi connectivity index (χ1) is 5.27. The molecule has 1 heterocycles. The van der Waals surface area contributed by atoms with Gasteiger partial charge in [-0.1, -0.05) is 29.0 Å². The molecular formula is C7H3ClNOS. The highest BCUT2D eigenvalue weighted by Gasteiger charge is 2.01. The molecule has 1 aromatic heterocycles. The molecule has 11 heavy (non-hydrogen) atoms. The fourth-order valence-corrected chi connectivity index (χ4v) is 1.86. The van der Waals surface area contributed by atoms with Crippen molar-refractivity contribution in [2.75, 3.05) is 0 Å². The van der Waals surface area contributed by atoms with E-state index >= 15 is 0 Å². The van der Waals surface area contributed by atoms with Gasteiger partial charge in [0.25, 0.3) is 0 Å². The van der Waals surface area contributed by atoms with Crippen LogP contribution in [0, 0.1) is 6.07 Å². The van der Waals surface area contributed by atoms with Gasteiger partial charge in [0.1, 0.15) is 0 Å². The number of hydrogen-bond donors (Lipinski definition) is 1. The number of nitrogens with one attached hydrogen (secondary N) is 1. The van der Waals surface area contributed by atoms with Crippen molar-refractivity contribution in [2.45, 2.75) is 0 Å². The Balaban J connectivity index is 3.01. The molecule has 0 aliphatic carbocycles. The highest BCUT2D eigenvalue weighted by molar-refractivity contribution is 7.16. The molecule has 2 rings (SSSR count). The van der Waals surface area contributed by atoms with E-state index in [0.717, 1.165) is 16.0 Å². The van der Waals surface area contributed by atoms with Gasteiger partial charge in [-0.2, -0.15) is 0 Å². The lowest BCUT2D eigenvalue weighted by Crippen LogP contribution is -1.89. The van der Waals surface area contributed by atoms with Crippen LogP contribution in [0.3, 0.4) is 0 Å². The van der Waals surface area contributed by atoms with E-state index in [0.29, 0.717) is 10.5 Å². The molecule has 0 amide bonds. The second-order valence-corrected chi connectivity index (χ2v) is 3.43. The molecule has 0 bridgehead atoms. The minimum atomic E-state index is -0.0932. The highest BCUT2D eigenvalue weighted by atomic mass is 35.5. The molecule has 2 aromatic rings. The zero-order valence-corrected chi connectivity index (χ0v) is 6.92. The number of rotatable bonds is 0. The van der Waals surface area contributed by atoms with Crippen molar-refractivity contribution >= 4 is 33.2 Å². The predicted molar refractivity (Wildman–Crippen MR) is 46.3 cm³/mol. The van der Waals surface area contributed by atoms with Crippen LogP contribution in [-0.4, -0.2) is 4.98 Å². The number of aromatic nitrogens is 1. The fourth-order valence-electron chi connectivity index (χ4n) is 0.872. The lowest BCUT2D eigenvalue weighted by molar-refractivity contribution is 1.41. The Morgan fingerprint density at radius 3 is 3.18 bits per heavy atom. The van der Waals surface area contributed by atoms with Gasteiger partial charge in [0, 0.05) is 6.07 Å². The zero-order chi connectivity index (χ0) is 7.84. The predicted octanol–water partition coefficient (Wildman–Crippen LogP) is 2.04. The van der Waals surface area contributed by atoms with Crippen molar-refractivity contribution < 1.29 is 0 Å². The average Bonchev–Trinajstić information content (AvgIpc) is 2.31. The van der Waals surface area contributed by atoms with E-state index in [-0.39, 0.29) is 4.87 Å². The Morgan fingerprint density at radius 1 is 1.64 bits per heavy atom. The van der Waals surface area contributed by atoms with Crippen LogP contribution in [0.25, 0.3) is 10.2 Å². The van der Waals surface area contributed by atoms with Gasteiger partial charge in [-0.25, -0.2) is 0 Å². The smallest absolute Gasteiger partial charge is 0.305 e. The summed E-state index contributed by atoms with van der Waals surface area (Å²) in [5.41, 5.74) is 0.684. The van der Waals surface area contributed by atoms with Crippen LogP contribution >= 0.6 is 22.9 Å². The van der Waals surface area contributed by atoms with Crippen LogP contribution in [-0.2, 0) is 0 Å². The number of aromatic amines is 1. The van der Waals surface area contributed by atoms with Crippen LogP contribution in [0.15, 0.2) is 16.9 Å². The van der Waals surface area contributed by atoms with Crippen molar-refractivity contribution in [3.05, 3.63) is 32.9 Å². The monoisotopic (exact) mass is 184 g/mol. The number of H-pyrrole nitrogens is 1. The van der Waals surface area contributed by atoms with Gasteiger partial charge < -0.3 is 4.98 Å². The summed E-state index contributed by atoms with van der Waals surface area (Å²) in [6.07, 6.45) is 0. The standard InChI is InChI=1S/C7H3ClNOS/c8-4-2-1-3-5-6(4)9-7(10)11-5/h1-2H,(H,9,10). The molecule has 0 atom stereocenters. The zero-order valence-electron chi connectivity index (χ0n) is 5.35. The van der Waals surface area contributed by atoms with E-state index in [9.17, 15) is 4.79 Å². The van der Waals surface area contributed by atoms with Crippen molar-refractivity contribution in [3.63, 3.8) is 0 Å². The average molecular weight is 185 g/mol. The van der Waals surface area contributed by atoms with E-state index in [2.05, 4.69) is 11.1 Å². The maximum Gasteiger partial charge on any atom is 0.305 e. The van der Waals surface area contributed by atoms with Crippen molar-refractivity contribution in [3.8, 4) is 0 Å². The van der Waals surface area contributed by atoms with E-state index in [1.807, 2.05) is 0 Å². The highest BCUT2D eigenvalue weighted by Crippen LogP contribution is 2.21. The van der Waals surface area contributed by atoms with Crippen LogP contribution in [0.1, 0.15) is 0 Å². The third-order valence-corrected chi connectivity index (χ3v) is 2.46. The molecule has 0 saturated carbocycles. The first kappa shape index (κ1) is 6.88. The summed E-state index contributed by atoms with van der Waals surface area (Å²) in [7, 11) is 0. The summed E-state index contributed by atoms with van der Waals surface area (Å²) in [4.78, 5) is 13.4. The van der Waals surface area contributed by atoms with Gasteiger partial charge in [0.15, 0.2) is 0 Å². The van der Waals surface area contributed by atoms with Crippen LogP contribution in [0.2, 0.25) is 5.02 Å². The lowest BCUT2D eigenvalue weighted by atomic mass is 10.3.